The summed E-state index contributed by atoms with van der Waals surface area (Å²) in [7, 11) is 0. The van der Waals surface area contributed by atoms with Crippen LogP contribution in [0, 0.1) is 0 Å². The maximum Gasteiger partial charge on any atom is 0.134 e. The van der Waals surface area contributed by atoms with Crippen LogP contribution in [-0.2, 0) is 0 Å². The molecule has 0 saturated carbocycles. The number of rotatable bonds is 2. The molecule has 0 bridgehead atoms. The highest BCUT2D eigenvalue weighted by Gasteiger charge is 2.04. The Bertz CT molecular complexity index is 432. The molecule has 2 rings (SSSR count). The third-order valence-corrected chi connectivity index (χ3v) is 1.94. The molecule has 2 aromatic rings. The predicted molar refractivity (Wildman–Crippen MR) is 53.5 cm³/mol. The van der Waals surface area contributed by atoms with Crippen molar-refractivity contribution in [3.63, 3.8) is 0 Å². The molecule has 0 atom stereocenters. The van der Waals surface area contributed by atoms with Gasteiger partial charge in [-0.3, -0.25) is 0 Å². The summed E-state index contributed by atoms with van der Waals surface area (Å²) in [6, 6.07) is 11.2. The van der Waals surface area contributed by atoms with Gasteiger partial charge in [-0.15, -0.1) is 0 Å². The van der Waals surface area contributed by atoms with Crippen molar-refractivity contribution in [2.45, 2.75) is 0 Å². The topological polar surface area (TPSA) is 45.7 Å². The average molecular weight is 187 g/mol. The van der Waals surface area contributed by atoms with E-state index in [2.05, 4.69) is 5.16 Å². The largest absolute Gasteiger partial charge is 0.464 e. The first-order valence-corrected chi connectivity index (χ1v) is 4.22. The van der Waals surface area contributed by atoms with Crippen LogP contribution in [0.25, 0.3) is 11.3 Å². The molecule has 0 radical (unpaired) electrons. The van der Waals surface area contributed by atoms with Gasteiger partial charge in [-0.1, -0.05) is 29.4 Å². The summed E-state index contributed by atoms with van der Waals surface area (Å²) in [5.74, 6) is 0.764. The minimum atomic E-state index is 0.764. The third kappa shape index (κ3) is 1.52. The van der Waals surface area contributed by atoms with Crippen molar-refractivity contribution >= 4 is 6.21 Å². The number of hydrogen-bond donors (Lipinski definition) is 1. The minimum absolute atomic E-state index is 0.764. The highest BCUT2D eigenvalue weighted by Crippen LogP contribution is 2.22. The van der Waals surface area contributed by atoms with E-state index in [9.17, 15) is 0 Å². The lowest BCUT2D eigenvalue weighted by Gasteiger charge is -2.00. The van der Waals surface area contributed by atoms with Crippen LogP contribution in [0.15, 0.2) is 52.2 Å². The van der Waals surface area contributed by atoms with E-state index in [-0.39, 0.29) is 0 Å². The molecule has 3 heteroatoms. The molecule has 14 heavy (non-hydrogen) atoms. The van der Waals surface area contributed by atoms with E-state index in [4.69, 9.17) is 9.62 Å². The summed E-state index contributed by atoms with van der Waals surface area (Å²) < 4.78 is 5.26. The van der Waals surface area contributed by atoms with Crippen LogP contribution < -0.4 is 0 Å². The van der Waals surface area contributed by atoms with E-state index in [1.807, 2.05) is 36.4 Å². The zero-order valence-corrected chi connectivity index (χ0v) is 7.42. The lowest BCUT2D eigenvalue weighted by Crippen LogP contribution is -1.85. The molecule has 0 aliphatic carbocycles. The van der Waals surface area contributed by atoms with Gasteiger partial charge in [0.15, 0.2) is 0 Å². The van der Waals surface area contributed by atoms with E-state index in [0.29, 0.717) is 0 Å². The van der Waals surface area contributed by atoms with Crippen molar-refractivity contribution in [2.24, 2.45) is 5.16 Å². The quantitative estimate of drug-likeness (QED) is 0.446. The van der Waals surface area contributed by atoms with Gasteiger partial charge in [0.25, 0.3) is 0 Å². The fourth-order valence-electron chi connectivity index (χ4n) is 1.33. The molecule has 0 aliphatic rings. The number of nitrogens with zero attached hydrogens (tertiary/aromatic N) is 1. The molecule has 1 N–H and O–H groups in total. The van der Waals surface area contributed by atoms with E-state index in [0.717, 1.165) is 16.9 Å². The number of hydrogen-bond acceptors (Lipinski definition) is 3. The van der Waals surface area contributed by atoms with E-state index in [1.165, 1.54) is 6.21 Å². The van der Waals surface area contributed by atoms with Crippen molar-refractivity contribution in [1.82, 2.24) is 0 Å². The fourth-order valence-corrected chi connectivity index (χ4v) is 1.33. The highest BCUT2D eigenvalue weighted by atomic mass is 16.4. The van der Waals surface area contributed by atoms with Crippen LogP contribution in [-0.4, -0.2) is 11.4 Å². The van der Waals surface area contributed by atoms with Crippen LogP contribution >= 0.6 is 0 Å². The minimum Gasteiger partial charge on any atom is -0.464 e. The van der Waals surface area contributed by atoms with Crippen LogP contribution in [0.1, 0.15) is 5.56 Å². The number of furan rings is 1. The molecular formula is C11H9NO2. The van der Waals surface area contributed by atoms with Crippen molar-refractivity contribution < 1.29 is 9.62 Å². The summed E-state index contributed by atoms with van der Waals surface area (Å²) in [5.41, 5.74) is 1.74. The van der Waals surface area contributed by atoms with Crippen molar-refractivity contribution in [3.05, 3.63) is 48.2 Å². The van der Waals surface area contributed by atoms with Gasteiger partial charge < -0.3 is 9.62 Å². The van der Waals surface area contributed by atoms with Crippen molar-refractivity contribution in [1.29, 1.82) is 0 Å². The highest BCUT2D eigenvalue weighted by molar-refractivity contribution is 5.88. The first-order chi connectivity index (χ1) is 6.92. The molecule has 0 saturated heterocycles. The van der Waals surface area contributed by atoms with Gasteiger partial charge in [0.05, 0.1) is 12.5 Å². The van der Waals surface area contributed by atoms with Crippen LogP contribution in [0.5, 0.6) is 0 Å². The monoisotopic (exact) mass is 187 g/mol. The normalized spacial score (nSPS) is 10.9. The summed E-state index contributed by atoms with van der Waals surface area (Å²) >= 11 is 0. The SMILES string of the molecule is O/N=C/c1ccccc1-c1ccco1. The Morgan fingerprint density at radius 1 is 1.14 bits per heavy atom. The maximum absolute atomic E-state index is 8.48. The predicted octanol–water partition coefficient (Wildman–Crippen LogP) is 2.75. The second kappa shape index (κ2) is 3.79. The molecule has 70 valence electrons. The third-order valence-electron chi connectivity index (χ3n) is 1.94. The Morgan fingerprint density at radius 3 is 2.71 bits per heavy atom. The maximum atomic E-state index is 8.48. The molecule has 1 aromatic carbocycles. The van der Waals surface area contributed by atoms with E-state index in [1.54, 1.807) is 6.26 Å². The van der Waals surface area contributed by atoms with E-state index >= 15 is 0 Å². The standard InChI is InChI=1S/C11H9NO2/c13-12-8-9-4-1-2-5-10(9)11-6-3-7-14-11/h1-8,13H/b12-8+. The van der Waals surface area contributed by atoms with Gasteiger partial charge in [-0.25, -0.2) is 0 Å². The Kier molecular flexibility index (Phi) is 2.32. The molecule has 0 aliphatic heterocycles. The first kappa shape index (κ1) is 8.56. The fraction of sp³-hybridized carbons (Fsp3) is 0. The average Bonchev–Trinajstić information content (AvgIpc) is 2.72. The number of oxime groups is 1. The lowest BCUT2D eigenvalue weighted by molar-refractivity contribution is 0.322. The van der Waals surface area contributed by atoms with Gasteiger partial charge in [-0.05, 0) is 12.1 Å². The van der Waals surface area contributed by atoms with Crippen LogP contribution in [0.3, 0.4) is 0 Å². The summed E-state index contributed by atoms with van der Waals surface area (Å²) in [6.07, 6.45) is 3.00. The van der Waals surface area contributed by atoms with Gasteiger partial charge in [0.1, 0.15) is 5.76 Å². The zero-order valence-electron chi connectivity index (χ0n) is 7.42. The molecule has 1 aromatic heterocycles. The molecule has 0 fully saturated rings. The van der Waals surface area contributed by atoms with Crippen LogP contribution in [0.2, 0.25) is 0 Å². The summed E-state index contributed by atoms with van der Waals surface area (Å²) in [6.45, 7) is 0. The first-order valence-electron chi connectivity index (χ1n) is 4.22. The molecular weight excluding hydrogens is 178 g/mol. The molecule has 0 unspecified atom stereocenters. The Hall–Kier alpha value is -2.03. The van der Waals surface area contributed by atoms with Crippen molar-refractivity contribution in [3.8, 4) is 11.3 Å². The second-order valence-corrected chi connectivity index (χ2v) is 2.81. The zero-order chi connectivity index (χ0) is 9.80. The van der Waals surface area contributed by atoms with Crippen molar-refractivity contribution in [2.75, 3.05) is 0 Å². The van der Waals surface area contributed by atoms with Gasteiger partial charge in [0.2, 0.25) is 0 Å². The van der Waals surface area contributed by atoms with Gasteiger partial charge in [-0.2, -0.15) is 0 Å². The molecule has 0 amide bonds. The molecule has 0 spiro atoms. The number of benzene rings is 1. The molecule has 1 heterocycles. The smallest absolute Gasteiger partial charge is 0.134 e. The lowest BCUT2D eigenvalue weighted by atomic mass is 10.1. The summed E-state index contributed by atoms with van der Waals surface area (Å²) in [4.78, 5) is 0. The van der Waals surface area contributed by atoms with E-state index < -0.39 is 0 Å². The Balaban J connectivity index is 2.52. The second-order valence-electron chi connectivity index (χ2n) is 2.81. The molecule has 3 nitrogen and oxygen atoms in total. The van der Waals surface area contributed by atoms with Crippen LogP contribution in [0.4, 0.5) is 0 Å². The summed E-state index contributed by atoms with van der Waals surface area (Å²) in [5, 5.41) is 11.5. The van der Waals surface area contributed by atoms with Gasteiger partial charge >= 0.3 is 0 Å². The van der Waals surface area contributed by atoms with Gasteiger partial charge in [0, 0.05) is 11.1 Å². The Labute approximate surface area is 81.3 Å². The Morgan fingerprint density at radius 2 is 2.00 bits per heavy atom.